The molecule has 0 saturated carbocycles. The molecule has 2 aromatic heterocycles. The van der Waals surface area contributed by atoms with Crippen LogP contribution in [0.5, 0.6) is 11.5 Å². The van der Waals surface area contributed by atoms with Crippen LogP contribution in [-0.4, -0.2) is 44.4 Å². The first-order valence-electron chi connectivity index (χ1n) is 11.9. The van der Waals surface area contributed by atoms with Gasteiger partial charge in [0.15, 0.2) is 12.4 Å². The molecule has 0 fully saturated rings. The third kappa shape index (κ3) is 6.50. The third-order valence-corrected chi connectivity index (χ3v) is 5.17. The Morgan fingerprint density at radius 3 is 2.58 bits per heavy atom. The summed E-state index contributed by atoms with van der Waals surface area (Å²) in [5.74, 6) is 2.38. The van der Waals surface area contributed by atoms with Gasteiger partial charge in [-0.25, -0.2) is 9.97 Å². The molecule has 2 aromatic carbocycles. The van der Waals surface area contributed by atoms with Crippen molar-refractivity contribution in [2.24, 2.45) is 7.05 Å². The maximum Gasteiger partial charge on any atom is 0.258 e. The number of hydrogen-bond acceptors (Lipinski definition) is 7. The number of carbonyl (C=O) groups is 1. The first-order chi connectivity index (χ1) is 17.2. The molecular weight excluding hydrogens is 456 g/mol. The lowest BCUT2D eigenvalue weighted by molar-refractivity contribution is -0.124. The maximum atomic E-state index is 12.2. The number of rotatable bonds is 9. The zero-order chi connectivity index (χ0) is 25.7. The van der Waals surface area contributed by atoms with E-state index in [1.165, 1.54) is 0 Å². The van der Waals surface area contributed by atoms with Crippen molar-refractivity contribution in [3.05, 3.63) is 60.4 Å². The molecule has 0 saturated heterocycles. The average molecular weight is 489 g/mol. The highest BCUT2D eigenvalue weighted by atomic mass is 16.5. The Bertz CT molecular complexity index is 1360. The van der Waals surface area contributed by atoms with Gasteiger partial charge in [-0.1, -0.05) is 12.1 Å². The van der Waals surface area contributed by atoms with Crippen LogP contribution < -0.4 is 20.1 Å². The molecule has 1 amide bonds. The van der Waals surface area contributed by atoms with E-state index < -0.39 is 0 Å². The van der Waals surface area contributed by atoms with Gasteiger partial charge in [0.05, 0.1) is 18.3 Å². The quantitative estimate of drug-likeness (QED) is 0.361. The molecule has 0 aliphatic rings. The fourth-order valence-electron chi connectivity index (χ4n) is 3.70. The molecule has 0 aliphatic heterocycles. The molecule has 0 unspecified atom stereocenters. The molecule has 4 rings (SSSR count). The van der Waals surface area contributed by atoms with Gasteiger partial charge in [0.2, 0.25) is 0 Å². The molecule has 36 heavy (non-hydrogen) atoms. The lowest BCUT2D eigenvalue weighted by atomic mass is 10.1. The van der Waals surface area contributed by atoms with E-state index in [4.69, 9.17) is 19.4 Å². The summed E-state index contributed by atoms with van der Waals surface area (Å²) in [6.07, 6.45) is 3.78. The van der Waals surface area contributed by atoms with Crippen molar-refractivity contribution in [2.45, 2.75) is 39.8 Å². The molecule has 9 heteroatoms. The van der Waals surface area contributed by atoms with Crippen LogP contribution in [0.15, 0.2) is 54.9 Å². The van der Waals surface area contributed by atoms with E-state index in [-0.39, 0.29) is 18.1 Å². The second-order valence-corrected chi connectivity index (χ2v) is 9.50. The van der Waals surface area contributed by atoms with E-state index in [9.17, 15) is 4.79 Å². The van der Waals surface area contributed by atoms with Crippen molar-refractivity contribution in [3.8, 4) is 22.9 Å². The number of aryl methyl sites for hydroxylation is 1. The summed E-state index contributed by atoms with van der Waals surface area (Å²) in [4.78, 5) is 21.8. The molecule has 0 bridgehead atoms. The number of carbonyl (C=O) groups excluding carboxylic acids is 1. The number of hydrogen-bond donors (Lipinski definition) is 2. The van der Waals surface area contributed by atoms with Crippen LogP contribution in [0.25, 0.3) is 22.3 Å². The Balaban J connectivity index is 1.63. The number of fused-ring (bicyclic) bond motifs is 1. The minimum atomic E-state index is -0.317. The van der Waals surface area contributed by atoms with E-state index in [0.29, 0.717) is 30.5 Å². The van der Waals surface area contributed by atoms with Crippen molar-refractivity contribution in [3.63, 3.8) is 0 Å². The Morgan fingerprint density at radius 2 is 1.86 bits per heavy atom. The Hall–Kier alpha value is -4.14. The predicted octanol–water partition coefficient (Wildman–Crippen LogP) is 4.33. The Labute approximate surface area is 210 Å². The molecule has 0 spiro atoms. The van der Waals surface area contributed by atoms with Crippen LogP contribution >= 0.6 is 0 Å². The minimum absolute atomic E-state index is 0.0720. The number of nitrogens with one attached hydrogen (secondary N) is 2. The van der Waals surface area contributed by atoms with E-state index in [1.807, 2.05) is 89.6 Å². The normalized spacial score (nSPS) is 11.4. The largest absolute Gasteiger partial charge is 0.494 e. The van der Waals surface area contributed by atoms with Crippen LogP contribution in [-0.2, 0) is 18.4 Å². The highest BCUT2D eigenvalue weighted by molar-refractivity contribution is 5.91. The van der Waals surface area contributed by atoms with Gasteiger partial charge in [0.25, 0.3) is 5.91 Å². The van der Waals surface area contributed by atoms with Crippen molar-refractivity contribution in [1.29, 1.82) is 0 Å². The van der Waals surface area contributed by atoms with Crippen LogP contribution in [0.2, 0.25) is 0 Å². The second-order valence-electron chi connectivity index (χ2n) is 9.50. The van der Waals surface area contributed by atoms with Crippen molar-refractivity contribution in [1.82, 2.24) is 25.1 Å². The fraction of sp³-hybridized carbons (Fsp3) is 0.333. The lowest BCUT2D eigenvalue weighted by Crippen LogP contribution is -2.43. The van der Waals surface area contributed by atoms with Gasteiger partial charge in [-0.3, -0.25) is 9.48 Å². The molecule has 0 atom stereocenters. The summed E-state index contributed by atoms with van der Waals surface area (Å²) in [5, 5.41) is 11.4. The van der Waals surface area contributed by atoms with Crippen LogP contribution in [0.4, 0.5) is 5.82 Å². The molecule has 0 radical (unpaired) electrons. The predicted molar refractivity (Wildman–Crippen MR) is 140 cm³/mol. The van der Waals surface area contributed by atoms with Crippen LogP contribution in [0, 0.1) is 0 Å². The highest BCUT2D eigenvalue weighted by Crippen LogP contribution is 2.30. The van der Waals surface area contributed by atoms with Crippen LogP contribution in [0.1, 0.15) is 33.3 Å². The summed E-state index contributed by atoms with van der Waals surface area (Å²) < 4.78 is 13.2. The van der Waals surface area contributed by atoms with Crippen molar-refractivity contribution >= 4 is 22.6 Å². The number of aromatic nitrogens is 4. The number of ether oxygens (including phenoxy) is 2. The zero-order valence-corrected chi connectivity index (χ0v) is 21.3. The molecule has 4 aromatic rings. The maximum absolute atomic E-state index is 12.2. The highest BCUT2D eigenvalue weighted by Gasteiger charge is 2.15. The molecule has 0 aliphatic carbocycles. The molecule has 2 heterocycles. The summed E-state index contributed by atoms with van der Waals surface area (Å²) >= 11 is 0. The topological polar surface area (TPSA) is 103 Å². The number of benzene rings is 2. The number of anilines is 1. The molecule has 188 valence electrons. The second kappa shape index (κ2) is 10.6. The average Bonchev–Trinajstić information content (AvgIpc) is 3.25. The first-order valence-corrected chi connectivity index (χ1v) is 11.9. The summed E-state index contributed by atoms with van der Waals surface area (Å²) in [6, 6.07) is 13.2. The van der Waals surface area contributed by atoms with Gasteiger partial charge in [-0.2, -0.15) is 5.10 Å². The summed E-state index contributed by atoms with van der Waals surface area (Å²) in [5.41, 5.74) is 2.29. The van der Waals surface area contributed by atoms with Crippen molar-refractivity contribution in [2.75, 3.05) is 18.5 Å². The smallest absolute Gasteiger partial charge is 0.258 e. The van der Waals surface area contributed by atoms with Gasteiger partial charge < -0.3 is 20.1 Å². The van der Waals surface area contributed by atoms with E-state index in [1.54, 1.807) is 4.68 Å². The SMILES string of the molecule is CCOc1ccc2nc(-c3cccc(OCC(=O)NC(C)(C)C)c3)nc(NCc3cnn(C)c3)c2c1. The summed E-state index contributed by atoms with van der Waals surface area (Å²) in [6.45, 7) is 8.80. The standard InChI is InChI=1S/C27H32N6O3/c1-6-35-21-10-11-23-22(13-21)26(28-14-18-15-29-33(5)16-18)31-25(30-23)19-8-7-9-20(12-19)36-17-24(34)32-27(2,3)4/h7-13,15-16H,6,14,17H2,1-5H3,(H,32,34)(H,28,30,31). The van der Waals surface area contributed by atoms with Gasteiger partial charge in [-0.15, -0.1) is 0 Å². The van der Waals surface area contributed by atoms with Gasteiger partial charge >= 0.3 is 0 Å². The number of nitrogens with zero attached hydrogens (tertiary/aromatic N) is 4. The van der Waals surface area contributed by atoms with Gasteiger partial charge in [-0.05, 0) is 58.0 Å². The fourth-order valence-corrected chi connectivity index (χ4v) is 3.70. The lowest BCUT2D eigenvalue weighted by Gasteiger charge is -2.20. The third-order valence-electron chi connectivity index (χ3n) is 5.17. The zero-order valence-electron chi connectivity index (χ0n) is 21.3. The molecule has 2 N–H and O–H groups in total. The monoisotopic (exact) mass is 488 g/mol. The minimum Gasteiger partial charge on any atom is -0.494 e. The number of amides is 1. The van der Waals surface area contributed by atoms with E-state index >= 15 is 0 Å². The molecule has 9 nitrogen and oxygen atoms in total. The molecular formula is C27H32N6O3. The Kier molecular flexibility index (Phi) is 7.38. The van der Waals surface area contributed by atoms with Gasteiger partial charge in [0.1, 0.15) is 17.3 Å². The summed E-state index contributed by atoms with van der Waals surface area (Å²) in [7, 11) is 1.89. The van der Waals surface area contributed by atoms with E-state index in [0.717, 1.165) is 27.8 Å². The van der Waals surface area contributed by atoms with Crippen LogP contribution in [0.3, 0.4) is 0 Å². The van der Waals surface area contributed by atoms with Crippen molar-refractivity contribution < 1.29 is 14.3 Å². The Morgan fingerprint density at radius 1 is 1.06 bits per heavy atom. The van der Waals surface area contributed by atoms with E-state index in [2.05, 4.69) is 15.7 Å². The first kappa shape index (κ1) is 25.0. The van der Waals surface area contributed by atoms with Gasteiger partial charge in [0, 0.05) is 41.8 Å².